The van der Waals surface area contributed by atoms with Gasteiger partial charge in [0.05, 0.1) is 15.6 Å². The van der Waals surface area contributed by atoms with Gasteiger partial charge in [0.25, 0.3) is 0 Å². The Kier molecular flexibility index (Phi) is 4.13. The summed E-state index contributed by atoms with van der Waals surface area (Å²) in [6.45, 7) is 0. The highest BCUT2D eigenvalue weighted by Gasteiger charge is 2.29. The van der Waals surface area contributed by atoms with Crippen LogP contribution in [0.3, 0.4) is 0 Å². The Balaban J connectivity index is 1.81. The molecule has 3 rings (SSSR count). The number of hydrogen-bond donors (Lipinski definition) is 1. The molecule has 2 aromatic heterocycles. The van der Waals surface area contributed by atoms with Crippen molar-refractivity contribution in [1.29, 1.82) is 0 Å². The van der Waals surface area contributed by atoms with Gasteiger partial charge in [-0.25, -0.2) is 0 Å². The molecule has 108 valence electrons. The maximum absolute atomic E-state index is 10.5. The van der Waals surface area contributed by atoms with Gasteiger partial charge in [-0.05, 0) is 18.9 Å². The number of nitrogens with zero attached hydrogens (tertiary/aromatic N) is 3. The lowest BCUT2D eigenvalue weighted by atomic mass is 9.86. The van der Waals surface area contributed by atoms with E-state index in [0.29, 0.717) is 26.6 Å². The second-order valence-corrected chi connectivity index (χ2v) is 7.04. The molecular weight excluding hydrogens is 317 g/mol. The van der Waals surface area contributed by atoms with Crippen molar-refractivity contribution in [2.75, 3.05) is 5.75 Å². The topological polar surface area (TPSA) is 50.4 Å². The molecule has 0 unspecified atom stereocenters. The van der Waals surface area contributed by atoms with Crippen LogP contribution in [0.25, 0.3) is 5.65 Å². The van der Waals surface area contributed by atoms with Gasteiger partial charge in [0.1, 0.15) is 0 Å². The van der Waals surface area contributed by atoms with E-state index in [9.17, 15) is 5.11 Å². The molecule has 0 spiro atoms. The predicted octanol–water partition coefficient (Wildman–Crippen LogP) is 3.82. The van der Waals surface area contributed by atoms with Crippen LogP contribution in [-0.2, 0) is 0 Å². The molecule has 0 bridgehead atoms. The Morgan fingerprint density at radius 2 is 2.00 bits per heavy atom. The van der Waals surface area contributed by atoms with E-state index in [2.05, 4.69) is 10.2 Å². The molecule has 7 heteroatoms. The zero-order valence-electron chi connectivity index (χ0n) is 10.9. The molecule has 0 radical (unpaired) electrons. The molecule has 0 amide bonds. The summed E-state index contributed by atoms with van der Waals surface area (Å²) in [5, 5.41) is 20.5. The quantitative estimate of drug-likeness (QED) is 0.868. The molecule has 20 heavy (non-hydrogen) atoms. The smallest absolute Gasteiger partial charge is 0.195 e. The van der Waals surface area contributed by atoms with Crippen LogP contribution in [-0.4, -0.2) is 31.1 Å². The number of fused-ring (bicyclic) bond motifs is 1. The highest BCUT2D eigenvalue weighted by atomic mass is 35.5. The standard InChI is InChI=1S/C13H15Cl2N3OS/c14-9-6-10(15)11-16-17-12(18(11)7-9)20-8-13(19)4-2-1-3-5-13/h6-7,19H,1-5,8H2. The summed E-state index contributed by atoms with van der Waals surface area (Å²) in [7, 11) is 0. The Bertz CT molecular complexity index is 625. The fraction of sp³-hybridized carbons (Fsp3) is 0.538. The first-order valence-electron chi connectivity index (χ1n) is 6.62. The molecule has 4 nitrogen and oxygen atoms in total. The van der Waals surface area contributed by atoms with Crippen molar-refractivity contribution < 1.29 is 5.11 Å². The van der Waals surface area contributed by atoms with Crippen LogP contribution in [0, 0.1) is 0 Å². The van der Waals surface area contributed by atoms with Crippen LogP contribution in [0.5, 0.6) is 0 Å². The van der Waals surface area contributed by atoms with Gasteiger partial charge in [-0.3, -0.25) is 4.40 Å². The van der Waals surface area contributed by atoms with Gasteiger partial charge in [-0.2, -0.15) is 0 Å². The minimum absolute atomic E-state index is 0.480. The number of halogens is 2. The average molecular weight is 332 g/mol. The van der Waals surface area contributed by atoms with E-state index in [1.54, 1.807) is 16.7 Å². The second-order valence-electron chi connectivity index (χ2n) is 5.26. The third-order valence-corrected chi connectivity index (χ3v) is 5.35. The molecule has 1 aliphatic rings. The van der Waals surface area contributed by atoms with Crippen molar-refractivity contribution in [3.63, 3.8) is 0 Å². The molecule has 0 atom stereocenters. The van der Waals surface area contributed by atoms with Gasteiger partial charge in [-0.1, -0.05) is 54.2 Å². The van der Waals surface area contributed by atoms with E-state index in [1.165, 1.54) is 18.2 Å². The lowest BCUT2D eigenvalue weighted by Crippen LogP contribution is -2.34. The highest BCUT2D eigenvalue weighted by Crippen LogP contribution is 2.33. The Hall–Kier alpha value is -0.490. The van der Waals surface area contributed by atoms with Gasteiger partial charge in [0.2, 0.25) is 0 Å². The fourth-order valence-corrected chi connectivity index (χ4v) is 4.13. The summed E-state index contributed by atoms with van der Waals surface area (Å²) in [6, 6.07) is 1.65. The molecule has 0 aromatic carbocycles. The van der Waals surface area contributed by atoms with Crippen molar-refractivity contribution in [2.24, 2.45) is 0 Å². The third kappa shape index (κ3) is 2.91. The van der Waals surface area contributed by atoms with Crippen LogP contribution in [0.2, 0.25) is 10.0 Å². The van der Waals surface area contributed by atoms with E-state index < -0.39 is 5.60 Å². The summed E-state index contributed by atoms with van der Waals surface area (Å²) in [6.07, 6.45) is 6.86. The minimum Gasteiger partial charge on any atom is -0.389 e. The summed E-state index contributed by atoms with van der Waals surface area (Å²) < 4.78 is 1.78. The second kappa shape index (κ2) is 5.72. The zero-order valence-corrected chi connectivity index (χ0v) is 13.2. The molecule has 0 saturated heterocycles. The molecule has 0 aliphatic heterocycles. The molecule has 1 fully saturated rings. The molecule has 2 heterocycles. The first-order valence-corrected chi connectivity index (χ1v) is 8.37. The van der Waals surface area contributed by atoms with Gasteiger partial charge in [-0.15, -0.1) is 10.2 Å². The maximum Gasteiger partial charge on any atom is 0.195 e. The fourth-order valence-electron chi connectivity index (χ4n) is 2.55. The lowest BCUT2D eigenvalue weighted by molar-refractivity contribution is 0.0272. The van der Waals surface area contributed by atoms with Crippen molar-refractivity contribution in [1.82, 2.24) is 14.6 Å². The van der Waals surface area contributed by atoms with Gasteiger partial charge in [0.15, 0.2) is 10.8 Å². The Labute approximate surface area is 131 Å². The molecule has 1 aliphatic carbocycles. The van der Waals surface area contributed by atoms with Crippen LogP contribution in [0.15, 0.2) is 17.4 Å². The van der Waals surface area contributed by atoms with E-state index >= 15 is 0 Å². The van der Waals surface area contributed by atoms with E-state index in [-0.39, 0.29) is 0 Å². The normalized spacial score (nSPS) is 18.6. The number of rotatable bonds is 3. The molecule has 1 saturated carbocycles. The van der Waals surface area contributed by atoms with Crippen molar-refractivity contribution >= 4 is 40.6 Å². The van der Waals surface area contributed by atoms with E-state index in [1.807, 2.05) is 0 Å². The molecule has 1 N–H and O–H groups in total. The van der Waals surface area contributed by atoms with Crippen LogP contribution >= 0.6 is 35.0 Å². The van der Waals surface area contributed by atoms with Crippen LogP contribution in [0.1, 0.15) is 32.1 Å². The number of hydrogen-bond acceptors (Lipinski definition) is 4. The van der Waals surface area contributed by atoms with Crippen LogP contribution in [0.4, 0.5) is 0 Å². The van der Waals surface area contributed by atoms with Crippen LogP contribution < -0.4 is 0 Å². The Morgan fingerprint density at radius 1 is 1.25 bits per heavy atom. The minimum atomic E-state index is -0.586. The predicted molar refractivity (Wildman–Crippen MR) is 81.8 cm³/mol. The van der Waals surface area contributed by atoms with Crippen molar-refractivity contribution in [3.05, 3.63) is 22.3 Å². The molecular formula is C13H15Cl2N3OS. The van der Waals surface area contributed by atoms with Crippen molar-refractivity contribution in [2.45, 2.75) is 42.9 Å². The van der Waals surface area contributed by atoms with Gasteiger partial charge in [0, 0.05) is 11.9 Å². The Morgan fingerprint density at radius 3 is 2.75 bits per heavy atom. The van der Waals surface area contributed by atoms with Gasteiger partial charge < -0.3 is 5.11 Å². The monoisotopic (exact) mass is 331 g/mol. The molecule has 2 aromatic rings. The van der Waals surface area contributed by atoms with Crippen molar-refractivity contribution in [3.8, 4) is 0 Å². The lowest BCUT2D eigenvalue weighted by Gasteiger charge is -2.31. The largest absolute Gasteiger partial charge is 0.389 e. The number of thioether (sulfide) groups is 1. The summed E-state index contributed by atoms with van der Waals surface area (Å²) in [5.74, 6) is 0.623. The SMILES string of the molecule is OC1(CSc2nnc3c(Cl)cc(Cl)cn23)CCCCC1. The van der Waals surface area contributed by atoms with E-state index in [4.69, 9.17) is 23.2 Å². The summed E-state index contributed by atoms with van der Waals surface area (Å²) in [4.78, 5) is 0. The highest BCUT2D eigenvalue weighted by molar-refractivity contribution is 7.99. The third-order valence-electron chi connectivity index (χ3n) is 3.65. The summed E-state index contributed by atoms with van der Waals surface area (Å²) >= 11 is 13.6. The number of aliphatic hydroxyl groups is 1. The zero-order chi connectivity index (χ0) is 14.2. The number of aromatic nitrogens is 3. The van der Waals surface area contributed by atoms with E-state index in [0.717, 1.165) is 25.7 Å². The first kappa shape index (κ1) is 14.4. The first-order chi connectivity index (χ1) is 9.57. The average Bonchev–Trinajstić information content (AvgIpc) is 2.81. The summed E-state index contributed by atoms with van der Waals surface area (Å²) in [5.41, 5.74) is 0.00566. The maximum atomic E-state index is 10.5. The van der Waals surface area contributed by atoms with Gasteiger partial charge >= 0.3 is 0 Å². The number of pyridine rings is 1.